The highest BCUT2D eigenvalue weighted by molar-refractivity contribution is 9.10. The molecule has 0 saturated heterocycles. The Morgan fingerprint density at radius 2 is 2.06 bits per heavy atom. The van der Waals surface area contributed by atoms with Gasteiger partial charge in [0, 0.05) is 16.4 Å². The van der Waals surface area contributed by atoms with Crippen LogP contribution in [0.2, 0.25) is 0 Å². The molecule has 0 fully saturated rings. The Bertz CT molecular complexity index is 499. The van der Waals surface area contributed by atoms with E-state index in [2.05, 4.69) is 26.2 Å². The van der Waals surface area contributed by atoms with Gasteiger partial charge in [0.05, 0.1) is 0 Å². The maximum Gasteiger partial charge on any atom is 0.274 e. The molecule has 16 heavy (non-hydrogen) atoms. The monoisotopic (exact) mass is 276 g/mol. The van der Waals surface area contributed by atoms with Crippen molar-refractivity contribution in [2.75, 3.05) is 5.32 Å². The summed E-state index contributed by atoms with van der Waals surface area (Å²) in [6.07, 6.45) is 1.59. The molecule has 1 aromatic heterocycles. The van der Waals surface area contributed by atoms with E-state index in [-0.39, 0.29) is 5.91 Å². The standard InChI is InChI=1S/C12H9BrN2O/c13-9-4-3-5-10(8-9)15-12(16)11-6-1-2-7-14-11/h1-8H,(H,15,16). The van der Waals surface area contributed by atoms with Crippen LogP contribution in [-0.4, -0.2) is 10.9 Å². The van der Waals surface area contributed by atoms with Gasteiger partial charge in [-0.3, -0.25) is 9.78 Å². The number of benzene rings is 1. The summed E-state index contributed by atoms with van der Waals surface area (Å²) in [6.45, 7) is 0. The number of halogens is 1. The fraction of sp³-hybridized carbons (Fsp3) is 0. The van der Waals surface area contributed by atoms with Gasteiger partial charge in [-0.15, -0.1) is 0 Å². The van der Waals surface area contributed by atoms with Crippen molar-refractivity contribution in [2.24, 2.45) is 0 Å². The predicted molar refractivity (Wildman–Crippen MR) is 66.3 cm³/mol. The number of rotatable bonds is 2. The van der Waals surface area contributed by atoms with Crippen LogP contribution in [0.1, 0.15) is 10.5 Å². The third kappa shape index (κ3) is 2.67. The highest BCUT2D eigenvalue weighted by Gasteiger charge is 2.06. The predicted octanol–water partition coefficient (Wildman–Crippen LogP) is 3.10. The lowest BCUT2D eigenvalue weighted by Gasteiger charge is -2.04. The average molecular weight is 277 g/mol. The van der Waals surface area contributed by atoms with Crippen LogP contribution >= 0.6 is 15.9 Å². The second kappa shape index (κ2) is 4.90. The Labute approximate surface area is 102 Å². The van der Waals surface area contributed by atoms with Crippen LogP contribution in [0.15, 0.2) is 53.1 Å². The molecule has 1 aromatic carbocycles. The van der Waals surface area contributed by atoms with Crippen molar-refractivity contribution in [3.8, 4) is 0 Å². The Balaban J connectivity index is 2.14. The van der Waals surface area contributed by atoms with E-state index in [1.807, 2.05) is 24.3 Å². The minimum atomic E-state index is -0.210. The lowest BCUT2D eigenvalue weighted by Crippen LogP contribution is -2.13. The van der Waals surface area contributed by atoms with Crippen molar-refractivity contribution in [3.63, 3.8) is 0 Å². The quantitative estimate of drug-likeness (QED) is 0.916. The first-order valence-corrected chi connectivity index (χ1v) is 5.53. The van der Waals surface area contributed by atoms with Gasteiger partial charge in [-0.25, -0.2) is 0 Å². The molecule has 3 nitrogen and oxygen atoms in total. The Hall–Kier alpha value is -1.68. The second-order valence-corrected chi connectivity index (χ2v) is 4.10. The number of anilines is 1. The summed E-state index contributed by atoms with van der Waals surface area (Å²) in [7, 11) is 0. The molecule has 80 valence electrons. The largest absolute Gasteiger partial charge is 0.321 e. The summed E-state index contributed by atoms with van der Waals surface area (Å²) in [4.78, 5) is 15.7. The van der Waals surface area contributed by atoms with Crippen LogP contribution in [0.3, 0.4) is 0 Å². The van der Waals surface area contributed by atoms with E-state index >= 15 is 0 Å². The second-order valence-electron chi connectivity index (χ2n) is 3.18. The molecule has 0 aliphatic carbocycles. The van der Waals surface area contributed by atoms with E-state index in [0.29, 0.717) is 5.69 Å². The number of hydrogen-bond acceptors (Lipinski definition) is 2. The molecule has 0 atom stereocenters. The van der Waals surface area contributed by atoms with Gasteiger partial charge in [-0.1, -0.05) is 28.1 Å². The van der Waals surface area contributed by atoms with Gasteiger partial charge in [-0.2, -0.15) is 0 Å². The van der Waals surface area contributed by atoms with Crippen molar-refractivity contribution in [3.05, 3.63) is 58.8 Å². The topological polar surface area (TPSA) is 42.0 Å². The van der Waals surface area contributed by atoms with E-state index in [4.69, 9.17) is 0 Å². The molecule has 2 aromatic rings. The first kappa shape index (κ1) is 10.8. The van der Waals surface area contributed by atoms with E-state index < -0.39 is 0 Å². The summed E-state index contributed by atoms with van der Waals surface area (Å²) >= 11 is 3.34. The molecule has 2 rings (SSSR count). The zero-order valence-electron chi connectivity index (χ0n) is 8.35. The summed E-state index contributed by atoms with van der Waals surface area (Å²) in [6, 6.07) is 12.6. The molecule has 0 aliphatic heterocycles. The molecule has 0 aliphatic rings. The summed E-state index contributed by atoms with van der Waals surface area (Å²) in [5.41, 5.74) is 1.15. The fourth-order valence-corrected chi connectivity index (χ4v) is 1.66. The van der Waals surface area contributed by atoms with Gasteiger partial charge in [-0.05, 0) is 30.3 Å². The van der Waals surface area contributed by atoms with E-state index in [1.165, 1.54) is 0 Å². The highest BCUT2D eigenvalue weighted by atomic mass is 79.9. The lowest BCUT2D eigenvalue weighted by molar-refractivity contribution is 0.102. The van der Waals surface area contributed by atoms with Crippen molar-refractivity contribution in [1.82, 2.24) is 4.98 Å². The Kier molecular flexibility index (Phi) is 3.31. The van der Waals surface area contributed by atoms with E-state index in [1.54, 1.807) is 24.4 Å². The van der Waals surface area contributed by atoms with E-state index in [9.17, 15) is 4.79 Å². The number of aromatic nitrogens is 1. The van der Waals surface area contributed by atoms with Crippen LogP contribution in [0.5, 0.6) is 0 Å². The normalized spacial score (nSPS) is 9.81. The number of hydrogen-bond donors (Lipinski definition) is 1. The molecule has 0 radical (unpaired) electrons. The fourth-order valence-electron chi connectivity index (χ4n) is 1.26. The number of nitrogens with one attached hydrogen (secondary N) is 1. The molecular formula is C12H9BrN2O. The zero-order chi connectivity index (χ0) is 11.4. The van der Waals surface area contributed by atoms with Crippen LogP contribution < -0.4 is 5.32 Å². The van der Waals surface area contributed by atoms with Crippen molar-refractivity contribution in [1.29, 1.82) is 0 Å². The maximum absolute atomic E-state index is 11.7. The SMILES string of the molecule is O=C(Nc1cccc(Br)c1)c1ccccn1. The number of carbonyl (C=O) groups excluding carboxylic acids is 1. The van der Waals surface area contributed by atoms with E-state index in [0.717, 1.165) is 10.2 Å². The van der Waals surface area contributed by atoms with Crippen molar-refractivity contribution >= 4 is 27.5 Å². The minimum Gasteiger partial charge on any atom is -0.321 e. The van der Waals surface area contributed by atoms with Crippen molar-refractivity contribution in [2.45, 2.75) is 0 Å². The van der Waals surface area contributed by atoms with Crippen LogP contribution in [0.4, 0.5) is 5.69 Å². The first-order valence-electron chi connectivity index (χ1n) is 4.73. The molecule has 4 heteroatoms. The molecule has 0 spiro atoms. The molecular weight excluding hydrogens is 268 g/mol. The summed E-state index contributed by atoms with van der Waals surface area (Å²) in [5, 5.41) is 2.77. The van der Waals surface area contributed by atoms with Crippen LogP contribution in [0, 0.1) is 0 Å². The number of nitrogens with zero attached hydrogens (tertiary/aromatic N) is 1. The number of carbonyl (C=O) groups is 1. The molecule has 1 amide bonds. The lowest BCUT2D eigenvalue weighted by atomic mass is 10.3. The first-order chi connectivity index (χ1) is 7.75. The maximum atomic E-state index is 11.7. The van der Waals surface area contributed by atoms with Gasteiger partial charge >= 0.3 is 0 Å². The third-order valence-electron chi connectivity index (χ3n) is 1.98. The van der Waals surface area contributed by atoms with Crippen molar-refractivity contribution < 1.29 is 4.79 Å². The van der Waals surface area contributed by atoms with Crippen LogP contribution in [-0.2, 0) is 0 Å². The Morgan fingerprint density at radius 3 is 2.75 bits per heavy atom. The van der Waals surface area contributed by atoms with Crippen LogP contribution in [0.25, 0.3) is 0 Å². The molecule has 1 N–H and O–H groups in total. The van der Waals surface area contributed by atoms with Gasteiger partial charge in [0.2, 0.25) is 0 Å². The average Bonchev–Trinajstić information content (AvgIpc) is 2.30. The highest BCUT2D eigenvalue weighted by Crippen LogP contribution is 2.16. The van der Waals surface area contributed by atoms with Gasteiger partial charge < -0.3 is 5.32 Å². The molecule has 0 unspecified atom stereocenters. The number of pyridine rings is 1. The zero-order valence-corrected chi connectivity index (χ0v) is 9.94. The minimum absolute atomic E-state index is 0.210. The van der Waals surface area contributed by atoms with Gasteiger partial charge in [0.15, 0.2) is 0 Å². The Morgan fingerprint density at radius 1 is 1.19 bits per heavy atom. The summed E-state index contributed by atoms with van der Waals surface area (Å²) in [5.74, 6) is -0.210. The molecule has 0 saturated carbocycles. The van der Waals surface area contributed by atoms with Gasteiger partial charge in [0.25, 0.3) is 5.91 Å². The number of amides is 1. The smallest absolute Gasteiger partial charge is 0.274 e. The molecule has 1 heterocycles. The third-order valence-corrected chi connectivity index (χ3v) is 2.47. The summed E-state index contributed by atoms with van der Waals surface area (Å²) < 4.78 is 0.923. The molecule has 0 bridgehead atoms. The van der Waals surface area contributed by atoms with Gasteiger partial charge in [0.1, 0.15) is 5.69 Å².